The van der Waals surface area contributed by atoms with Crippen molar-refractivity contribution in [1.82, 2.24) is 4.98 Å². The van der Waals surface area contributed by atoms with Crippen LogP contribution in [-0.2, 0) is 11.2 Å². The molecule has 102 valence electrons. The van der Waals surface area contributed by atoms with E-state index in [0.29, 0.717) is 6.42 Å². The highest BCUT2D eigenvalue weighted by atomic mass is 16.5. The Morgan fingerprint density at radius 2 is 2.05 bits per heavy atom. The maximum atomic E-state index is 12.2. The zero-order valence-electron chi connectivity index (χ0n) is 11.5. The van der Waals surface area contributed by atoms with Gasteiger partial charge in [0.1, 0.15) is 5.75 Å². The fraction of sp³-hybridized carbons (Fsp3) is 0.250. The molecule has 20 heavy (non-hydrogen) atoms. The number of methoxy groups -OCH3 is 1. The van der Waals surface area contributed by atoms with E-state index in [1.54, 1.807) is 19.5 Å². The number of aromatic nitrogens is 1. The molecule has 1 atom stereocenters. The number of carbonyl (C=O) groups excluding carboxylic acids is 1. The average molecular weight is 268 g/mol. The number of benzene rings is 1. The standard InChI is InChI=1S/C16H16N2O2/c1-10-7-14-12(9-15(10)20-2)13(16(19)18-14)8-11-3-5-17-6-4-11/h3-7,9,13H,8H2,1-2H3,(H,18,19). The first-order chi connectivity index (χ1) is 9.69. The fourth-order valence-corrected chi connectivity index (χ4v) is 2.64. The van der Waals surface area contributed by atoms with Crippen LogP contribution in [0.15, 0.2) is 36.7 Å². The van der Waals surface area contributed by atoms with Gasteiger partial charge in [0.05, 0.1) is 13.0 Å². The Labute approximate surface area is 117 Å². The maximum Gasteiger partial charge on any atom is 0.232 e. The topological polar surface area (TPSA) is 51.2 Å². The fourth-order valence-electron chi connectivity index (χ4n) is 2.64. The number of aryl methyl sites for hydroxylation is 1. The van der Waals surface area contributed by atoms with Gasteiger partial charge in [-0.25, -0.2) is 0 Å². The first kappa shape index (κ1) is 12.7. The van der Waals surface area contributed by atoms with Crippen LogP contribution in [0.3, 0.4) is 0 Å². The van der Waals surface area contributed by atoms with Gasteiger partial charge in [-0.1, -0.05) is 0 Å². The summed E-state index contributed by atoms with van der Waals surface area (Å²) in [6.07, 6.45) is 4.17. The molecule has 0 saturated carbocycles. The van der Waals surface area contributed by atoms with Crippen molar-refractivity contribution in [1.29, 1.82) is 0 Å². The summed E-state index contributed by atoms with van der Waals surface area (Å²) in [4.78, 5) is 16.2. The van der Waals surface area contributed by atoms with Gasteiger partial charge in [0.2, 0.25) is 5.91 Å². The van der Waals surface area contributed by atoms with Gasteiger partial charge in [-0.3, -0.25) is 9.78 Å². The van der Waals surface area contributed by atoms with Crippen LogP contribution in [0.1, 0.15) is 22.6 Å². The molecule has 1 amide bonds. The van der Waals surface area contributed by atoms with E-state index in [4.69, 9.17) is 4.74 Å². The van der Waals surface area contributed by atoms with E-state index in [2.05, 4.69) is 10.3 Å². The van der Waals surface area contributed by atoms with Gasteiger partial charge in [0.25, 0.3) is 0 Å². The number of fused-ring (bicyclic) bond motifs is 1. The lowest BCUT2D eigenvalue weighted by atomic mass is 9.93. The third-order valence-electron chi connectivity index (χ3n) is 3.71. The molecule has 1 aliphatic heterocycles. The van der Waals surface area contributed by atoms with Gasteiger partial charge >= 0.3 is 0 Å². The lowest BCUT2D eigenvalue weighted by Crippen LogP contribution is -2.14. The molecule has 2 heterocycles. The number of nitrogens with one attached hydrogen (secondary N) is 1. The highest BCUT2D eigenvalue weighted by Gasteiger charge is 2.31. The molecule has 0 spiro atoms. The summed E-state index contributed by atoms with van der Waals surface area (Å²) in [6, 6.07) is 7.82. The van der Waals surface area contributed by atoms with E-state index in [0.717, 1.165) is 28.1 Å². The van der Waals surface area contributed by atoms with Crippen molar-refractivity contribution < 1.29 is 9.53 Å². The number of hydrogen-bond donors (Lipinski definition) is 1. The summed E-state index contributed by atoms with van der Waals surface area (Å²) in [5, 5.41) is 2.95. The van der Waals surface area contributed by atoms with Gasteiger partial charge in [-0.15, -0.1) is 0 Å². The largest absolute Gasteiger partial charge is 0.496 e. The zero-order valence-corrected chi connectivity index (χ0v) is 11.5. The number of pyridine rings is 1. The summed E-state index contributed by atoms with van der Waals surface area (Å²) in [6.45, 7) is 1.97. The van der Waals surface area contributed by atoms with Crippen LogP contribution in [0.4, 0.5) is 5.69 Å². The van der Waals surface area contributed by atoms with Crippen LogP contribution in [0.2, 0.25) is 0 Å². The molecule has 4 heteroatoms. The lowest BCUT2D eigenvalue weighted by molar-refractivity contribution is -0.117. The van der Waals surface area contributed by atoms with Crippen molar-refractivity contribution in [2.75, 3.05) is 12.4 Å². The van der Waals surface area contributed by atoms with Crippen LogP contribution in [0.5, 0.6) is 5.75 Å². The van der Waals surface area contributed by atoms with E-state index >= 15 is 0 Å². The van der Waals surface area contributed by atoms with Gasteiger partial charge in [-0.2, -0.15) is 0 Å². The second kappa shape index (κ2) is 4.96. The number of carbonyl (C=O) groups is 1. The number of amides is 1. The predicted molar refractivity (Wildman–Crippen MR) is 77.0 cm³/mol. The Balaban J connectivity index is 1.97. The molecule has 2 aromatic rings. The van der Waals surface area contributed by atoms with E-state index in [1.165, 1.54) is 0 Å². The normalized spacial score (nSPS) is 16.7. The first-order valence-electron chi connectivity index (χ1n) is 6.57. The highest BCUT2D eigenvalue weighted by molar-refractivity contribution is 6.03. The molecule has 1 aliphatic rings. The summed E-state index contributed by atoms with van der Waals surface area (Å²) < 4.78 is 5.35. The third-order valence-corrected chi connectivity index (χ3v) is 3.71. The van der Waals surface area contributed by atoms with Crippen molar-refractivity contribution in [3.8, 4) is 5.75 Å². The van der Waals surface area contributed by atoms with Crippen molar-refractivity contribution in [3.05, 3.63) is 53.3 Å². The second-order valence-electron chi connectivity index (χ2n) is 5.01. The number of anilines is 1. The average Bonchev–Trinajstić information content (AvgIpc) is 2.74. The Morgan fingerprint density at radius 1 is 1.30 bits per heavy atom. The molecule has 0 aliphatic carbocycles. The summed E-state index contributed by atoms with van der Waals surface area (Å²) in [5.74, 6) is 0.700. The maximum absolute atomic E-state index is 12.2. The Kier molecular flexibility index (Phi) is 3.14. The first-order valence-corrected chi connectivity index (χ1v) is 6.57. The Morgan fingerprint density at radius 3 is 2.75 bits per heavy atom. The van der Waals surface area contributed by atoms with Crippen LogP contribution in [-0.4, -0.2) is 18.0 Å². The molecule has 0 radical (unpaired) electrons. The molecule has 1 aromatic carbocycles. The SMILES string of the molecule is COc1cc2c(cc1C)NC(=O)C2Cc1ccncc1. The molecule has 3 rings (SSSR count). The molecular formula is C16H16N2O2. The second-order valence-corrected chi connectivity index (χ2v) is 5.01. The van der Waals surface area contributed by atoms with Gasteiger partial charge in [0, 0.05) is 18.1 Å². The number of rotatable bonds is 3. The highest BCUT2D eigenvalue weighted by Crippen LogP contribution is 2.38. The predicted octanol–water partition coefficient (Wildman–Crippen LogP) is 2.68. The molecule has 1 N–H and O–H groups in total. The van der Waals surface area contributed by atoms with Gasteiger partial charge in [-0.05, 0) is 54.3 Å². The van der Waals surface area contributed by atoms with Crippen LogP contribution in [0, 0.1) is 6.92 Å². The van der Waals surface area contributed by atoms with Crippen molar-refractivity contribution in [2.45, 2.75) is 19.3 Å². The van der Waals surface area contributed by atoms with Crippen molar-refractivity contribution in [2.24, 2.45) is 0 Å². The van der Waals surface area contributed by atoms with E-state index in [-0.39, 0.29) is 11.8 Å². The van der Waals surface area contributed by atoms with Crippen molar-refractivity contribution >= 4 is 11.6 Å². The molecule has 0 saturated heterocycles. The summed E-state index contributed by atoms with van der Waals surface area (Å²) in [7, 11) is 1.65. The summed E-state index contributed by atoms with van der Waals surface area (Å²) in [5.41, 5.74) is 4.03. The Bertz CT molecular complexity index is 653. The van der Waals surface area contributed by atoms with Gasteiger partial charge < -0.3 is 10.1 Å². The van der Waals surface area contributed by atoms with E-state index < -0.39 is 0 Å². The molecule has 1 unspecified atom stereocenters. The monoisotopic (exact) mass is 268 g/mol. The minimum absolute atomic E-state index is 0.0458. The molecule has 0 bridgehead atoms. The van der Waals surface area contributed by atoms with E-state index in [1.807, 2.05) is 31.2 Å². The van der Waals surface area contributed by atoms with Crippen LogP contribution < -0.4 is 10.1 Å². The minimum Gasteiger partial charge on any atom is -0.496 e. The molecular weight excluding hydrogens is 252 g/mol. The van der Waals surface area contributed by atoms with E-state index in [9.17, 15) is 4.79 Å². The third kappa shape index (κ3) is 2.13. The number of ether oxygens (including phenoxy) is 1. The van der Waals surface area contributed by atoms with Crippen molar-refractivity contribution in [3.63, 3.8) is 0 Å². The lowest BCUT2D eigenvalue weighted by Gasteiger charge is -2.11. The number of nitrogens with zero attached hydrogens (tertiary/aromatic N) is 1. The minimum atomic E-state index is -0.165. The van der Waals surface area contributed by atoms with Crippen LogP contribution >= 0.6 is 0 Å². The molecule has 4 nitrogen and oxygen atoms in total. The molecule has 0 fully saturated rings. The summed E-state index contributed by atoms with van der Waals surface area (Å²) >= 11 is 0. The zero-order chi connectivity index (χ0) is 14.1. The Hall–Kier alpha value is -2.36. The molecule has 1 aromatic heterocycles. The van der Waals surface area contributed by atoms with Crippen LogP contribution in [0.25, 0.3) is 0 Å². The van der Waals surface area contributed by atoms with Gasteiger partial charge in [0.15, 0.2) is 0 Å². The number of hydrogen-bond acceptors (Lipinski definition) is 3. The smallest absolute Gasteiger partial charge is 0.232 e. The quantitative estimate of drug-likeness (QED) is 0.931.